The van der Waals surface area contributed by atoms with Crippen LogP contribution in [-0.2, 0) is 0 Å². The minimum atomic E-state index is -0.0361. The van der Waals surface area contributed by atoms with Crippen molar-refractivity contribution in [1.29, 1.82) is 0 Å². The summed E-state index contributed by atoms with van der Waals surface area (Å²) in [7, 11) is 3.87. The zero-order valence-corrected chi connectivity index (χ0v) is 14.3. The van der Waals surface area contributed by atoms with Gasteiger partial charge in [0.1, 0.15) is 5.82 Å². The van der Waals surface area contributed by atoms with Gasteiger partial charge in [-0.15, -0.1) is 0 Å². The Balaban J connectivity index is 1.53. The van der Waals surface area contributed by atoms with Gasteiger partial charge in [0.25, 0.3) is 5.91 Å². The van der Waals surface area contributed by atoms with Crippen LogP contribution in [0.5, 0.6) is 0 Å². The predicted octanol–water partition coefficient (Wildman–Crippen LogP) is 2.55. The topological polar surface area (TPSA) is 48.5 Å². The summed E-state index contributed by atoms with van der Waals surface area (Å²) in [6.07, 6.45) is 3.57. The zero-order valence-electron chi connectivity index (χ0n) is 14.3. The quantitative estimate of drug-likeness (QED) is 0.939. The maximum atomic E-state index is 12.4. The molecule has 2 heterocycles. The second-order valence-electron chi connectivity index (χ2n) is 6.37. The van der Waals surface area contributed by atoms with Gasteiger partial charge >= 0.3 is 0 Å². The van der Waals surface area contributed by atoms with Crippen LogP contribution < -0.4 is 15.1 Å². The summed E-state index contributed by atoms with van der Waals surface area (Å²) in [5.74, 6) is 0.814. The van der Waals surface area contributed by atoms with Crippen LogP contribution in [0.15, 0.2) is 48.7 Å². The molecular formula is C19H24N4O. The molecule has 1 saturated heterocycles. The Kier molecular flexibility index (Phi) is 4.99. The van der Waals surface area contributed by atoms with Gasteiger partial charge in [-0.05, 0) is 37.1 Å². The molecule has 1 aliphatic heterocycles. The minimum absolute atomic E-state index is 0.0361. The van der Waals surface area contributed by atoms with Crippen LogP contribution in [0.4, 0.5) is 11.5 Å². The van der Waals surface area contributed by atoms with E-state index < -0.39 is 0 Å². The highest BCUT2D eigenvalue weighted by atomic mass is 16.1. The van der Waals surface area contributed by atoms with Gasteiger partial charge in [-0.1, -0.05) is 18.2 Å². The lowest BCUT2D eigenvalue weighted by Gasteiger charge is -2.34. The molecular weight excluding hydrogens is 300 g/mol. The van der Waals surface area contributed by atoms with Crippen LogP contribution in [0.2, 0.25) is 0 Å². The molecule has 1 amide bonds. The fraction of sp³-hybridized carbons (Fsp3) is 0.368. The lowest BCUT2D eigenvalue weighted by Crippen LogP contribution is -2.44. The summed E-state index contributed by atoms with van der Waals surface area (Å²) in [6.45, 7) is 1.93. The Labute approximate surface area is 143 Å². The number of carbonyl (C=O) groups is 1. The molecule has 0 bridgehead atoms. The molecule has 3 rings (SSSR count). The fourth-order valence-electron chi connectivity index (χ4n) is 2.97. The highest BCUT2D eigenvalue weighted by Gasteiger charge is 2.21. The fourth-order valence-corrected chi connectivity index (χ4v) is 2.97. The van der Waals surface area contributed by atoms with E-state index >= 15 is 0 Å². The van der Waals surface area contributed by atoms with E-state index in [4.69, 9.17) is 0 Å². The molecule has 1 fully saturated rings. The number of amides is 1. The highest BCUT2D eigenvalue weighted by molar-refractivity contribution is 5.94. The monoisotopic (exact) mass is 324 g/mol. The Morgan fingerprint density at radius 1 is 1.12 bits per heavy atom. The van der Waals surface area contributed by atoms with Crippen molar-refractivity contribution in [2.75, 3.05) is 37.0 Å². The van der Waals surface area contributed by atoms with Gasteiger partial charge < -0.3 is 15.1 Å². The van der Waals surface area contributed by atoms with E-state index in [9.17, 15) is 4.79 Å². The van der Waals surface area contributed by atoms with Gasteiger partial charge in [0.2, 0.25) is 0 Å². The average Bonchev–Trinajstić information content (AvgIpc) is 2.63. The molecule has 0 aliphatic carbocycles. The predicted molar refractivity (Wildman–Crippen MR) is 97.7 cm³/mol. The maximum absolute atomic E-state index is 12.4. The number of benzene rings is 1. The average molecular weight is 324 g/mol. The van der Waals surface area contributed by atoms with Crippen molar-refractivity contribution < 1.29 is 4.79 Å². The standard InChI is InChI=1S/C19H24N4O/c1-22(2)18-9-8-15(14-20-18)19(24)21-16-10-12-23(13-11-16)17-6-4-3-5-7-17/h3-9,14,16H,10-13H2,1-2H3,(H,21,24). The number of aromatic nitrogens is 1. The number of piperidine rings is 1. The van der Waals surface area contributed by atoms with Gasteiger partial charge in [-0.25, -0.2) is 4.98 Å². The molecule has 1 N–H and O–H groups in total. The Morgan fingerprint density at radius 2 is 1.83 bits per heavy atom. The molecule has 0 saturated carbocycles. The number of hydrogen-bond donors (Lipinski definition) is 1. The summed E-state index contributed by atoms with van der Waals surface area (Å²) < 4.78 is 0. The van der Waals surface area contributed by atoms with Crippen LogP contribution in [0, 0.1) is 0 Å². The molecule has 1 aromatic heterocycles. The van der Waals surface area contributed by atoms with Gasteiger partial charge in [-0.2, -0.15) is 0 Å². The van der Waals surface area contributed by atoms with Gasteiger partial charge in [-0.3, -0.25) is 4.79 Å². The number of rotatable bonds is 4. The molecule has 1 aliphatic rings. The van der Waals surface area contributed by atoms with E-state index in [0.717, 1.165) is 31.7 Å². The number of hydrogen-bond acceptors (Lipinski definition) is 4. The number of anilines is 2. The van der Waals surface area contributed by atoms with E-state index in [1.165, 1.54) is 5.69 Å². The highest BCUT2D eigenvalue weighted by Crippen LogP contribution is 2.19. The third-order valence-electron chi connectivity index (χ3n) is 4.42. The van der Waals surface area contributed by atoms with Crippen molar-refractivity contribution in [2.24, 2.45) is 0 Å². The van der Waals surface area contributed by atoms with E-state index in [1.807, 2.05) is 37.2 Å². The van der Waals surface area contributed by atoms with E-state index in [0.29, 0.717) is 5.56 Å². The number of para-hydroxylation sites is 1. The molecule has 0 atom stereocenters. The largest absolute Gasteiger partial charge is 0.371 e. The molecule has 0 spiro atoms. The first-order chi connectivity index (χ1) is 11.6. The Hall–Kier alpha value is -2.56. The Morgan fingerprint density at radius 3 is 2.42 bits per heavy atom. The van der Waals surface area contributed by atoms with Crippen LogP contribution in [0.1, 0.15) is 23.2 Å². The van der Waals surface area contributed by atoms with Crippen molar-refractivity contribution in [1.82, 2.24) is 10.3 Å². The third kappa shape index (κ3) is 3.85. The van der Waals surface area contributed by atoms with Crippen LogP contribution in [0.25, 0.3) is 0 Å². The number of nitrogens with one attached hydrogen (secondary N) is 1. The van der Waals surface area contributed by atoms with Crippen LogP contribution in [0.3, 0.4) is 0 Å². The molecule has 5 nitrogen and oxygen atoms in total. The molecule has 24 heavy (non-hydrogen) atoms. The molecule has 0 radical (unpaired) electrons. The van der Waals surface area contributed by atoms with Crippen molar-refractivity contribution in [3.63, 3.8) is 0 Å². The molecule has 1 aromatic carbocycles. The third-order valence-corrected chi connectivity index (χ3v) is 4.42. The van der Waals surface area contributed by atoms with Crippen LogP contribution >= 0.6 is 0 Å². The summed E-state index contributed by atoms with van der Waals surface area (Å²) in [5.41, 5.74) is 1.87. The van der Waals surface area contributed by atoms with Gasteiger partial charge in [0.15, 0.2) is 0 Å². The lowest BCUT2D eigenvalue weighted by atomic mass is 10.0. The van der Waals surface area contributed by atoms with Gasteiger partial charge in [0.05, 0.1) is 5.56 Å². The van der Waals surface area contributed by atoms with Gasteiger partial charge in [0, 0.05) is 45.1 Å². The molecule has 2 aromatic rings. The van der Waals surface area contributed by atoms with Crippen LogP contribution in [-0.4, -0.2) is 44.1 Å². The normalized spacial score (nSPS) is 15.2. The molecule has 0 unspecified atom stereocenters. The number of pyridine rings is 1. The summed E-state index contributed by atoms with van der Waals surface area (Å²) in [4.78, 5) is 21.0. The summed E-state index contributed by atoms with van der Waals surface area (Å²) in [5, 5.41) is 3.14. The zero-order chi connectivity index (χ0) is 16.9. The maximum Gasteiger partial charge on any atom is 0.253 e. The first-order valence-electron chi connectivity index (χ1n) is 8.38. The van der Waals surface area contributed by atoms with Crippen molar-refractivity contribution in [3.05, 3.63) is 54.2 Å². The van der Waals surface area contributed by atoms with Crippen molar-refractivity contribution in [3.8, 4) is 0 Å². The Bertz CT molecular complexity index is 662. The second-order valence-corrected chi connectivity index (χ2v) is 6.37. The first kappa shape index (κ1) is 16.3. The molecule has 126 valence electrons. The van der Waals surface area contributed by atoms with E-state index in [-0.39, 0.29) is 11.9 Å². The smallest absolute Gasteiger partial charge is 0.253 e. The number of nitrogens with zero attached hydrogens (tertiary/aromatic N) is 3. The number of carbonyl (C=O) groups excluding carboxylic acids is 1. The van der Waals surface area contributed by atoms with E-state index in [1.54, 1.807) is 6.20 Å². The molecule has 5 heteroatoms. The second kappa shape index (κ2) is 7.34. The van der Waals surface area contributed by atoms with Crippen molar-refractivity contribution >= 4 is 17.4 Å². The van der Waals surface area contributed by atoms with E-state index in [2.05, 4.69) is 39.5 Å². The SMILES string of the molecule is CN(C)c1ccc(C(=O)NC2CCN(c3ccccc3)CC2)cn1. The van der Waals surface area contributed by atoms with Crippen molar-refractivity contribution in [2.45, 2.75) is 18.9 Å². The minimum Gasteiger partial charge on any atom is -0.371 e. The first-order valence-corrected chi connectivity index (χ1v) is 8.38. The summed E-state index contributed by atoms with van der Waals surface area (Å²) in [6, 6.07) is 14.4. The lowest BCUT2D eigenvalue weighted by molar-refractivity contribution is 0.0931. The summed E-state index contributed by atoms with van der Waals surface area (Å²) >= 11 is 0.